The summed E-state index contributed by atoms with van der Waals surface area (Å²) in [6.07, 6.45) is 65.3. The van der Waals surface area contributed by atoms with Crippen LogP contribution in [0.25, 0.3) is 0 Å². The van der Waals surface area contributed by atoms with Gasteiger partial charge >= 0.3 is 17.9 Å². The maximum Gasteiger partial charge on any atom is 0.306 e. The predicted molar refractivity (Wildman–Crippen MR) is 265 cm³/mol. The smallest absolute Gasteiger partial charge is 0.306 e. The number of hydrogen-bond acceptors (Lipinski definition) is 6. The van der Waals surface area contributed by atoms with Crippen molar-refractivity contribution in [3.8, 4) is 0 Å². The molecule has 0 aromatic heterocycles. The molecule has 0 N–H and O–H groups in total. The van der Waals surface area contributed by atoms with Crippen LogP contribution < -0.4 is 0 Å². The van der Waals surface area contributed by atoms with Gasteiger partial charge < -0.3 is 14.2 Å². The normalized spacial score (nSPS) is 12.9. The van der Waals surface area contributed by atoms with Crippen LogP contribution in [-0.4, -0.2) is 37.2 Å². The summed E-state index contributed by atoms with van der Waals surface area (Å²) in [4.78, 5) is 37.9. The Balaban J connectivity index is 4.52. The molecule has 0 unspecified atom stereocenters. The van der Waals surface area contributed by atoms with Crippen LogP contribution >= 0.6 is 0 Å². The van der Waals surface area contributed by atoms with E-state index >= 15 is 0 Å². The van der Waals surface area contributed by atoms with Gasteiger partial charge in [-0.1, -0.05) is 182 Å². The molecular weight excluding hydrogens is 769 g/mol. The third kappa shape index (κ3) is 47.4. The molecule has 62 heavy (non-hydrogen) atoms. The summed E-state index contributed by atoms with van der Waals surface area (Å²) in [6, 6.07) is 0. The molecule has 0 rings (SSSR count). The van der Waals surface area contributed by atoms with Gasteiger partial charge in [0.1, 0.15) is 13.2 Å². The zero-order valence-electron chi connectivity index (χ0n) is 40.1. The molecule has 0 bridgehead atoms. The second-order valence-electron chi connectivity index (χ2n) is 16.3. The largest absolute Gasteiger partial charge is 0.462 e. The summed E-state index contributed by atoms with van der Waals surface area (Å²) in [5.41, 5.74) is 0. The van der Waals surface area contributed by atoms with Crippen molar-refractivity contribution in [2.75, 3.05) is 13.2 Å². The lowest BCUT2D eigenvalue weighted by Crippen LogP contribution is -2.30. The molecule has 0 aromatic carbocycles. The molecule has 0 radical (unpaired) electrons. The minimum atomic E-state index is -0.808. The van der Waals surface area contributed by atoms with Crippen molar-refractivity contribution >= 4 is 17.9 Å². The number of carbonyl (C=O) groups excluding carboxylic acids is 3. The second kappa shape index (κ2) is 50.0. The number of carbonyl (C=O) groups is 3. The van der Waals surface area contributed by atoms with E-state index in [1.165, 1.54) is 44.9 Å². The van der Waals surface area contributed by atoms with Gasteiger partial charge in [0.05, 0.1) is 0 Å². The van der Waals surface area contributed by atoms with Gasteiger partial charge in [0, 0.05) is 19.3 Å². The fraction of sp³-hybridized carbons (Fsp3) is 0.661. The van der Waals surface area contributed by atoms with Gasteiger partial charge in [0.25, 0.3) is 0 Å². The Labute approximate surface area is 381 Å². The number of ether oxygens (including phenoxy) is 3. The zero-order valence-corrected chi connectivity index (χ0v) is 40.1. The van der Waals surface area contributed by atoms with E-state index in [9.17, 15) is 14.4 Å². The Morgan fingerprint density at radius 1 is 0.339 bits per heavy atom. The molecular formula is C56H92O6. The number of allylic oxidation sites excluding steroid dienone is 16. The quantitative estimate of drug-likeness (QED) is 0.0263. The van der Waals surface area contributed by atoms with Crippen molar-refractivity contribution < 1.29 is 28.6 Å². The summed E-state index contributed by atoms with van der Waals surface area (Å²) < 4.78 is 16.7. The third-order valence-electron chi connectivity index (χ3n) is 10.3. The average molecular weight is 861 g/mol. The lowest BCUT2D eigenvalue weighted by atomic mass is 10.1. The van der Waals surface area contributed by atoms with Crippen LogP contribution in [0.2, 0.25) is 0 Å². The molecule has 0 aliphatic rings. The van der Waals surface area contributed by atoms with Crippen LogP contribution in [0.1, 0.15) is 220 Å². The van der Waals surface area contributed by atoms with E-state index < -0.39 is 6.10 Å². The first-order valence-electron chi connectivity index (χ1n) is 25.2. The van der Waals surface area contributed by atoms with Crippen LogP contribution in [0.3, 0.4) is 0 Å². The lowest BCUT2D eigenvalue weighted by molar-refractivity contribution is -0.167. The number of hydrogen-bond donors (Lipinski definition) is 0. The van der Waals surface area contributed by atoms with E-state index in [0.29, 0.717) is 19.3 Å². The average Bonchev–Trinajstić information content (AvgIpc) is 3.27. The van der Waals surface area contributed by atoms with Gasteiger partial charge in [-0.25, -0.2) is 0 Å². The van der Waals surface area contributed by atoms with Gasteiger partial charge in [-0.05, 0) is 116 Å². The van der Waals surface area contributed by atoms with E-state index in [4.69, 9.17) is 14.2 Å². The highest BCUT2D eigenvalue weighted by Gasteiger charge is 2.19. The van der Waals surface area contributed by atoms with E-state index in [1.807, 2.05) is 0 Å². The molecule has 352 valence electrons. The van der Waals surface area contributed by atoms with Crippen molar-refractivity contribution in [2.45, 2.75) is 226 Å². The fourth-order valence-electron chi connectivity index (χ4n) is 6.48. The summed E-state index contributed by atoms with van der Waals surface area (Å²) in [5, 5.41) is 0. The molecule has 0 aromatic rings. The summed E-state index contributed by atoms with van der Waals surface area (Å²) in [6.45, 7) is 6.38. The second-order valence-corrected chi connectivity index (χ2v) is 16.3. The molecule has 1 atom stereocenters. The molecule has 0 amide bonds. The first kappa shape index (κ1) is 58.3. The van der Waals surface area contributed by atoms with Gasteiger partial charge in [-0.3, -0.25) is 14.4 Å². The van der Waals surface area contributed by atoms with Gasteiger partial charge in [0.2, 0.25) is 0 Å². The van der Waals surface area contributed by atoms with Crippen molar-refractivity contribution in [2.24, 2.45) is 0 Å². The number of esters is 3. The minimum Gasteiger partial charge on any atom is -0.462 e. The fourth-order valence-corrected chi connectivity index (χ4v) is 6.48. The van der Waals surface area contributed by atoms with E-state index in [2.05, 4.69) is 118 Å². The highest BCUT2D eigenvalue weighted by atomic mass is 16.6. The van der Waals surface area contributed by atoms with Crippen LogP contribution in [-0.2, 0) is 28.6 Å². The van der Waals surface area contributed by atoms with Crippen LogP contribution in [0.5, 0.6) is 0 Å². The lowest BCUT2D eigenvalue weighted by Gasteiger charge is -2.18. The standard InChI is InChI=1S/C56H92O6/c1-4-7-10-13-16-19-22-25-28-31-34-37-40-43-46-49-55(58)61-52-53(51-60-54(57)48-45-42-39-36-33-30-27-24-21-18-15-12-9-6-3)62-56(59)50-47-44-41-38-35-32-29-26-23-20-17-14-11-8-5-2/h7,10,15-20,24-29,34,37,53H,4-6,8-9,11-14,21-23,30-33,35-36,38-52H2,1-3H3/b10-7-,18-15-,19-16-,20-17-,27-24-,28-25-,29-26-,37-34-/t53-/m1/s1. The van der Waals surface area contributed by atoms with E-state index in [-0.39, 0.29) is 31.1 Å². The van der Waals surface area contributed by atoms with Crippen molar-refractivity contribution in [1.82, 2.24) is 0 Å². The van der Waals surface area contributed by atoms with Crippen LogP contribution in [0.15, 0.2) is 97.2 Å². The third-order valence-corrected chi connectivity index (χ3v) is 10.3. The molecule has 0 saturated carbocycles. The van der Waals surface area contributed by atoms with Gasteiger partial charge in [-0.15, -0.1) is 0 Å². The van der Waals surface area contributed by atoms with Crippen molar-refractivity contribution in [3.05, 3.63) is 97.2 Å². The molecule has 6 heteroatoms. The SMILES string of the molecule is CC/C=C\C/C=C\C/C=C\C/C=C\CCCCC(=O)OC[C@@H](COC(=O)CCCCCCC/C=C\C/C=C\CCCC)OC(=O)CCCCCCC/C=C\C/C=C\CCCCC. The summed E-state index contributed by atoms with van der Waals surface area (Å²) in [5.74, 6) is -0.980. The first-order valence-corrected chi connectivity index (χ1v) is 25.2. The predicted octanol–water partition coefficient (Wildman–Crippen LogP) is 16.6. The van der Waals surface area contributed by atoms with E-state index in [1.54, 1.807) is 0 Å². The number of rotatable bonds is 44. The van der Waals surface area contributed by atoms with Crippen LogP contribution in [0, 0.1) is 0 Å². The van der Waals surface area contributed by atoms with Crippen LogP contribution in [0.4, 0.5) is 0 Å². The van der Waals surface area contributed by atoms with Crippen molar-refractivity contribution in [3.63, 3.8) is 0 Å². The Morgan fingerprint density at radius 3 is 1.06 bits per heavy atom. The minimum absolute atomic E-state index is 0.105. The summed E-state index contributed by atoms with van der Waals surface area (Å²) >= 11 is 0. The molecule has 6 nitrogen and oxygen atoms in total. The Bertz CT molecular complexity index is 1260. The monoisotopic (exact) mass is 861 g/mol. The highest BCUT2D eigenvalue weighted by Crippen LogP contribution is 2.12. The number of unbranched alkanes of at least 4 members (excludes halogenated alkanes) is 17. The molecule has 0 aliphatic heterocycles. The Morgan fingerprint density at radius 2 is 0.645 bits per heavy atom. The van der Waals surface area contributed by atoms with Gasteiger partial charge in [-0.2, -0.15) is 0 Å². The molecule has 0 aliphatic carbocycles. The maximum atomic E-state index is 12.8. The Kier molecular flexibility index (Phi) is 47.0. The van der Waals surface area contributed by atoms with Gasteiger partial charge in [0.15, 0.2) is 6.10 Å². The first-order chi connectivity index (χ1) is 30.5. The summed E-state index contributed by atoms with van der Waals surface area (Å²) in [7, 11) is 0. The van der Waals surface area contributed by atoms with E-state index in [0.717, 1.165) is 135 Å². The topological polar surface area (TPSA) is 78.9 Å². The zero-order chi connectivity index (χ0) is 45.1. The van der Waals surface area contributed by atoms with Crippen molar-refractivity contribution in [1.29, 1.82) is 0 Å². The molecule has 0 heterocycles. The Hall–Kier alpha value is -3.67. The maximum absolute atomic E-state index is 12.8. The highest BCUT2D eigenvalue weighted by molar-refractivity contribution is 5.71. The molecule has 0 spiro atoms. The molecule has 0 saturated heterocycles. The molecule has 0 fully saturated rings.